The van der Waals surface area contributed by atoms with Crippen molar-refractivity contribution < 1.29 is 0 Å². The topological polar surface area (TPSA) is 48.6 Å². The average molecular weight is 130 g/mol. The first-order valence-electron chi connectivity index (χ1n) is 2.07. The Morgan fingerprint density at radius 3 is 2.88 bits per heavy atom. The summed E-state index contributed by atoms with van der Waals surface area (Å²) in [5.41, 5.74) is -0.172. The molecule has 8 heavy (non-hydrogen) atoms. The van der Waals surface area contributed by atoms with Gasteiger partial charge < -0.3 is 4.98 Å². The molecule has 0 unspecified atom stereocenters. The molecule has 0 bridgehead atoms. The fourth-order valence-electron chi connectivity index (χ4n) is 0.383. The Kier molecular flexibility index (Phi) is 1.26. The molecule has 1 heterocycles. The van der Waals surface area contributed by atoms with Crippen LogP contribution in [0.1, 0.15) is 0 Å². The Bertz CT molecular complexity index is 248. The quantitative estimate of drug-likeness (QED) is 0.500. The summed E-state index contributed by atoms with van der Waals surface area (Å²) in [6.07, 6.45) is 1.50. The minimum absolute atomic E-state index is 0.172. The molecule has 1 rings (SSSR count). The lowest BCUT2D eigenvalue weighted by Crippen LogP contribution is -2.02. The summed E-state index contributed by atoms with van der Waals surface area (Å²) in [5, 5.41) is 0. The van der Waals surface area contributed by atoms with Gasteiger partial charge in [0.05, 0.1) is 0 Å². The Morgan fingerprint density at radius 2 is 2.50 bits per heavy atom. The molecule has 0 aliphatic heterocycles. The molecule has 42 valence electrons. The van der Waals surface area contributed by atoms with E-state index in [1.807, 2.05) is 0 Å². The molecule has 4 heteroatoms. The van der Waals surface area contributed by atoms with Gasteiger partial charge >= 0.3 is 0 Å². The van der Waals surface area contributed by atoms with Crippen LogP contribution in [0, 0.1) is 4.77 Å². The number of H-pyrrole nitrogens is 2. The van der Waals surface area contributed by atoms with Crippen molar-refractivity contribution >= 4 is 12.2 Å². The van der Waals surface area contributed by atoms with Crippen LogP contribution >= 0.6 is 12.2 Å². The molecule has 0 atom stereocenters. The molecule has 2 N–H and O–H groups in total. The number of nitrogens with one attached hydrogen (secondary N) is 2. The molecule has 1 aromatic rings. The second-order valence-corrected chi connectivity index (χ2v) is 1.70. The number of hydrogen-bond acceptors (Lipinski definition) is 2. The van der Waals surface area contributed by atoms with Crippen LogP contribution in [0.25, 0.3) is 0 Å². The number of aromatic nitrogens is 2. The zero-order valence-corrected chi connectivity index (χ0v) is 4.79. The van der Waals surface area contributed by atoms with Gasteiger partial charge in [0.25, 0.3) is 5.56 Å². The second-order valence-electron chi connectivity index (χ2n) is 1.30. The van der Waals surface area contributed by atoms with E-state index in [1.165, 1.54) is 12.3 Å². The highest BCUT2D eigenvalue weighted by molar-refractivity contribution is 7.71. The Morgan fingerprint density at radius 1 is 1.75 bits per heavy atom. The summed E-state index contributed by atoms with van der Waals surface area (Å²) in [5.74, 6) is 0. The lowest BCUT2D eigenvalue weighted by Gasteiger charge is -1.78. The first-order valence-corrected chi connectivity index (χ1v) is 2.48. The van der Waals surface area contributed by atoms with Crippen LogP contribution in [0.3, 0.4) is 0 Å². The average Bonchev–Trinajstić information content (AvgIpc) is 1.64. The van der Waals surface area contributed by atoms with Gasteiger partial charge in [-0.1, -0.05) is 0 Å². The van der Waals surface area contributed by atoms with Gasteiger partial charge in [-0.15, -0.1) is 0 Å². The SMILES string of the molecule is O=c1cc[nH][14c](=S)[nH]1. The standard InChI is InChI=1S/C4H4N2OS/c7-3-1-2-5-4(8)6-3/h1-2H,(H2,5,6,7,8)/i4+2. The number of aromatic amines is 2. The molecule has 0 saturated carbocycles. The van der Waals surface area contributed by atoms with Crippen molar-refractivity contribution in [3.05, 3.63) is 27.4 Å². The van der Waals surface area contributed by atoms with Crippen LogP contribution in [0.2, 0.25) is 0 Å². The molecule has 1 aromatic heterocycles. The predicted molar refractivity (Wildman–Crippen MR) is 32.2 cm³/mol. The van der Waals surface area contributed by atoms with E-state index < -0.39 is 0 Å². The maximum atomic E-state index is 10.3. The van der Waals surface area contributed by atoms with Crippen molar-refractivity contribution in [2.75, 3.05) is 0 Å². The lowest BCUT2D eigenvalue weighted by atomic mass is 10.7. The fraction of sp³-hybridized carbons (Fsp3) is 0. The molecule has 0 amide bonds. The molecule has 3 nitrogen and oxygen atoms in total. The van der Waals surface area contributed by atoms with E-state index in [1.54, 1.807) is 0 Å². The van der Waals surface area contributed by atoms with Crippen LogP contribution in [0.15, 0.2) is 17.1 Å². The van der Waals surface area contributed by atoms with E-state index in [4.69, 9.17) is 0 Å². The van der Waals surface area contributed by atoms with E-state index in [0.717, 1.165) is 0 Å². The van der Waals surface area contributed by atoms with Crippen LogP contribution in [0.4, 0.5) is 0 Å². The van der Waals surface area contributed by atoms with E-state index in [-0.39, 0.29) is 5.56 Å². The minimum atomic E-state index is -0.172. The maximum Gasteiger partial charge on any atom is 0.251 e. The van der Waals surface area contributed by atoms with Crippen LogP contribution in [0.5, 0.6) is 0 Å². The number of hydrogen-bond donors (Lipinski definition) is 2. The van der Waals surface area contributed by atoms with Crippen LogP contribution in [-0.4, -0.2) is 9.97 Å². The third-order valence-electron chi connectivity index (χ3n) is 0.686. The van der Waals surface area contributed by atoms with Crippen LogP contribution in [-0.2, 0) is 0 Å². The summed E-state index contributed by atoms with van der Waals surface area (Å²) < 4.78 is 0.359. The molecule has 0 spiro atoms. The highest BCUT2D eigenvalue weighted by atomic mass is 32.1. The van der Waals surface area contributed by atoms with Gasteiger partial charge in [0, 0.05) is 12.3 Å². The minimum Gasteiger partial charge on any atom is -0.339 e. The second kappa shape index (κ2) is 1.92. The molecule has 0 radical (unpaired) electrons. The van der Waals surface area contributed by atoms with E-state index >= 15 is 0 Å². The zero-order valence-electron chi connectivity index (χ0n) is 3.97. The first-order chi connectivity index (χ1) is 3.79. The third-order valence-corrected chi connectivity index (χ3v) is 0.906. The van der Waals surface area contributed by atoms with Gasteiger partial charge in [-0.2, -0.15) is 0 Å². The first kappa shape index (κ1) is 5.24. The molecule has 0 aromatic carbocycles. The Balaban J connectivity index is 3.50. The molecule has 0 saturated heterocycles. The largest absolute Gasteiger partial charge is 0.339 e. The van der Waals surface area contributed by atoms with Crippen molar-refractivity contribution in [2.45, 2.75) is 0 Å². The number of rotatable bonds is 0. The Labute approximate surface area is 50.4 Å². The third kappa shape index (κ3) is 1.04. The van der Waals surface area contributed by atoms with Gasteiger partial charge in [0.15, 0.2) is 4.77 Å². The summed E-state index contributed by atoms with van der Waals surface area (Å²) in [4.78, 5) is 15.4. The highest BCUT2D eigenvalue weighted by Gasteiger charge is 1.74. The molecular weight excluding hydrogens is 126 g/mol. The summed E-state index contributed by atoms with van der Waals surface area (Å²) in [6.45, 7) is 0. The predicted octanol–water partition coefficient (Wildman–Crippen LogP) is 0.432. The fourth-order valence-corrected chi connectivity index (χ4v) is 0.551. The monoisotopic (exact) mass is 130 g/mol. The smallest absolute Gasteiger partial charge is 0.251 e. The van der Waals surface area contributed by atoms with Crippen molar-refractivity contribution in [1.82, 2.24) is 9.97 Å². The van der Waals surface area contributed by atoms with Gasteiger partial charge in [-0.05, 0) is 12.2 Å². The molecule has 0 aliphatic carbocycles. The van der Waals surface area contributed by atoms with E-state index in [9.17, 15) is 4.79 Å². The van der Waals surface area contributed by atoms with Gasteiger partial charge in [0.2, 0.25) is 0 Å². The summed E-state index contributed by atoms with van der Waals surface area (Å²) in [6, 6.07) is 1.37. The van der Waals surface area contributed by atoms with Crippen LogP contribution < -0.4 is 5.56 Å². The Hall–Kier alpha value is -0.900. The van der Waals surface area contributed by atoms with E-state index in [2.05, 4.69) is 22.2 Å². The van der Waals surface area contributed by atoms with Crippen molar-refractivity contribution in [1.29, 1.82) is 0 Å². The van der Waals surface area contributed by atoms with E-state index in [0.29, 0.717) is 4.77 Å². The van der Waals surface area contributed by atoms with Crippen molar-refractivity contribution in [3.8, 4) is 0 Å². The maximum absolute atomic E-state index is 10.3. The highest BCUT2D eigenvalue weighted by Crippen LogP contribution is 1.67. The van der Waals surface area contributed by atoms with Crippen molar-refractivity contribution in [2.24, 2.45) is 0 Å². The molecule has 0 fully saturated rings. The van der Waals surface area contributed by atoms with Crippen molar-refractivity contribution in [3.63, 3.8) is 0 Å². The normalized spacial score (nSPS) is 9.00. The van der Waals surface area contributed by atoms with Gasteiger partial charge in [-0.3, -0.25) is 9.78 Å². The van der Waals surface area contributed by atoms with Gasteiger partial charge in [0.1, 0.15) is 0 Å². The lowest BCUT2D eigenvalue weighted by molar-refractivity contribution is 1.09. The summed E-state index contributed by atoms with van der Waals surface area (Å²) >= 11 is 4.59. The van der Waals surface area contributed by atoms with Gasteiger partial charge in [-0.25, -0.2) is 0 Å². The molecule has 0 aliphatic rings. The summed E-state index contributed by atoms with van der Waals surface area (Å²) in [7, 11) is 0. The molecular formula is C4H4N2OS. The zero-order chi connectivity index (χ0) is 5.98.